The molecule has 0 radical (unpaired) electrons. The van der Waals surface area contributed by atoms with E-state index < -0.39 is 0 Å². The molecule has 0 bridgehead atoms. The van der Waals surface area contributed by atoms with Crippen LogP contribution in [-0.4, -0.2) is 11.0 Å². The second-order valence-corrected chi connectivity index (χ2v) is 5.61. The fraction of sp³-hybridized carbons (Fsp3) is 0.438. The monoisotopic (exact) mass is 240 g/mol. The van der Waals surface area contributed by atoms with Crippen molar-refractivity contribution in [3.05, 3.63) is 35.9 Å². The molecule has 1 aromatic heterocycles. The normalized spacial score (nSPS) is 23.4. The topological polar surface area (TPSA) is 24.9 Å². The van der Waals surface area contributed by atoms with E-state index in [2.05, 4.69) is 43.4 Å². The Morgan fingerprint density at radius 3 is 2.83 bits per heavy atom. The van der Waals surface area contributed by atoms with E-state index in [0.717, 1.165) is 17.3 Å². The summed E-state index contributed by atoms with van der Waals surface area (Å²) in [4.78, 5) is 4.75. The van der Waals surface area contributed by atoms with Gasteiger partial charge in [-0.3, -0.25) is 0 Å². The minimum Gasteiger partial charge on any atom is -0.367 e. The molecule has 0 aliphatic heterocycles. The van der Waals surface area contributed by atoms with Gasteiger partial charge < -0.3 is 5.32 Å². The second kappa shape index (κ2) is 4.60. The van der Waals surface area contributed by atoms with Crippen LogP contribution in [0.2, 0.25) is 0 Å². The van der Waals surface area contributed by atoms with Crippen molar-refractivity contribution >= 4 is 16.7 Å². The first kappa shape index (κ1) is 11.5. The molecule has 2 nitrogen and oxygen atoms in total. The summed E-state index contributed by atoms with van der Waals surface area (Å²) in [7, 11) is 0. The third-order valence-electron chi connectivity index (χ3n) is 3.95. The number of hydrogen-bond donors (Lipinski definition) is 1. The third kappa shape index (κ3) is 2.20. The number of benzene rings is 1. The lowest BCUT2D eigenvalue weighted by Crippen LogP contribution is -2.17. The van der Waals surface area contributed by atoms with Crippen LogP contribution in [0.25, 0.3) is 10.9 Å². The predicted molar refractivity (Wildman–Crippen MR) is 76.9 cm³/mol. The summed E-state index contributed by atoms with van der Waals surface area (Å²) in [5.41, 5.74) is 2.32. The SMILES string of the molecule is Cc1cc2ccccc2nc1NC1CCC(C)C1. The lowest BCUT2D eigenvalue weighted by atomic mass is 10.1. The van der Waals surface area contributed by atoms with E-state index in [4.69, 9.17) is 4.98 Å². The fourth-order valence-electron chi connectivity index (χ4n) is 2.90. The molecule has 1 aliphatic carbocycles. The van der Waals surface area contributed by atoms with E-state index >= 15 is 0 Å². The zero-order valence-corrected chi connectivity index (χ0v) is 11.1. The highest BCUT2D eigenvalue weighted by Crippen LogP contribution is 2.28. The molecule has 2 heteroatoms. The fourth-order valence-corrected chi connectivity index (χ4v) is 2.90. The Hall–Kier alpha value is -1.57. The maximum absolute atomic E-state index is 4.75. The first-order valence-corrected chi connectivity index (χ1v) is 6.85. The molecule has 0 spiro atoms. The predicted octanol–water partition coefficient (Wildman–Crippen LogP) is 4.14. The van der Waals surface area contributed by atoms with Crippen molar-refractivity contribution in [2.24, 2.45) is 5.92 Å². The Morgan fingerprint density at radius 1 is 1.22 bits per heavy atom. The van der Waals surface area contributed by atoms with Gasteiger partial charge in [0.2, 0.25) is 0 Å². The van der Waals surface area contributed by atoms with Gasteiger partial charge in [0.1, 0.15) is 5.82 Å². The number of pyridine rings is 1. The molecular weight excluding hydrogens is 220 g/mol. The molecule has 2 aromatic rings. The van der Waals surface area contributed by atoms with Crippen molar-refractivity contribution in [1.82, 2.24) is 4.98 Å². The number of fused-ring (bicyclic) bond motifs is 1. The van der Waals surface area contributed by atoms with E-state index in [0.29, 0.717) is 6.04 Å². The molecule has 1 saturated carbocycles. The molecule has 1 heterocycles. The molecule has 0 saturated heterocycles. The van der Waals surface area contributed by atoms with E-state index in [1.807, 2.05) is 6.07 Å². The number of anilines is 1. The molecule has 1 aliphatic rings. The highest BCUT2D eigenvalue weighted by atomic mass is 15.0. The van der Waals surface area contributed by atoms with Crippen LogP contribution in [0.3, 0.4) is 0 Å². The molecule has 1 aromatic carbocycles. The molecule has 0 amide bonds. The average molecular weight is 240 g/mol. The Morgan fingerprint density at radius 2 is 2.06 bits per heavy atom. The van der Waals surface area contributed by atoms with Crippen LogP contribution >= 0.6 is 0 Å². The number of nitrogens with zero attached hydrogens (tertiary/aromatic N) is 1. The summed E-state index contributed by atoms with van der Waals surface area (Å²) in [6, 6.07) is 11.1. The zero-order valence-electron chi connectivity index (χ0n) is 11.1. The molecule has 1 fully saturated rings. The smallest absolute Gasteiger partial charge is 0.129 e. The second-order valence-electron chi connectivity index (χ2n) is 5.61. The molecular formula is C16H20N2. The minimum atomic E-state index is 0.604. The number of aromatic nitrogens is 1. The number of rotatable bonds is 2. The minimum absolute atomic E-state index is 0.604. The van der Waals surface area contributed by atoms with Gasteiger partial charge in [-0.1, -0.05) is 25.1 Å². The largest absolute Gasteiger partial charge is 0.367 e. The van der Waals surface area contributed by atoms with Crippen LogP contribution in [-0.2, 0) is 0 Å². The number of para-hydroxylation sites is 1. The van der Waals surface area contributed by atoms with Crippen LogP contribution in [0.5, 0.6) is 0 Å². The van der Waals surface area contributed by atoms with Gasteiger partial charge in [0.05, 0.1) is 5.52 Å². The van der Waals surface area contributed by atoms with Crippen LogP contribution in [0.4, 0.5) is 5.82 Å². The van der Waals surface area contributed by atoms with Crippen molar-refractivity contribution in [2.45, 2.75) is 39.2 Å². The van der Waals surface area contributed by atoms with Crippen molar-refractivity contribution in [3.63, 3.8) is 0 Å². The molecule has 3 rings (SSSR count). The molecule has 2 atom stereocenters. The maximum atomic E-state index is 4.75. The maximum Gasteiger partial charge on any atom is 0.129 e. The van der Waals surface area contributed by atoms with Gasteiger partial charge in [-0.05, 0) is 49.8 Å². The van der Waals surface area contributed by atoms with Gasteiger partial charge in [0.25, 0.3) is 0 Å². The van der Waals surface area contributed by atoms with Crippen molar-refractivity contribution in [2.75, 3.05) is 5.32 Å². The first-order chi connectivity index (χ1) is 8.72. The summed E-state index contributed by atoms with van der Waals surface area (Å²) in [5.74, 6) is 1.91. The Kier molecular flexibility index (Phi) is 2.94. The summed E-state index contributed by atoms with van der Waals surface area (Å²) in [6.45, 7) is 4.47. The van der Waals surface area contributed by atoms with Gasteiger partial charge >= 0.3 is 0 Å². The van der Waals surface area contributed by atoms with Crippen molar-refractivity contribution < 1.29 is 0 Å². The molecule has 94 valence electrons. The lowest BCUT2D eigenvalue weighted by Gasteiger charge is -2.15. The van der Waals surface area contributed by atoms with Crippen LogP contribution in [0.15, 0.2) is 30.3 Å². The quantitative estimate of drug-likeness (QED) is 0.853. The molecule has 18 heavy (non-hydrogen) atoms. The summed E-state index contributed by atoms with van der Waals surface area (Å²) >= 11 is 0. The standard InChI is InChI=1S/C16H20N2/c1-11-7-8-14(9-11)17-16-12(2)10-13-5-3-4-6-15(13)18-16/h3-6,10-11,14H,7-9H2,1-2H3,(H,17,18). The summed E-state index contributed by atoms with van der Waals surface area (Å²) < 4.78 is 0. The summed E-state index contributed by atoms with van der Waals surface area (Å²) in [6.07, 6.45) is 3.88. The van der Waals surface area contributed by atoms with Crippen LogP contribution in [0.1, 0.15) is 31.7 Å². The van der Waals surface area contributed by atoms with E-state index in [9.17, 15) is 0 Å². The van der Waals surface area contributed by atoms with E-state index in [-0.39, 0.29) is 0 Å². The van der Waals surface area contributed by atoms with E-state index in [1.165, 1.54) is 30.2 Å². The number of aryl methyl sites for hydroxylation is 1. The highest BCUT2D eigenvalue weighted by Gasteiger charge is 2.21. The third-order valence-corrected chi connectivity index (χ3v) is 3.95. The first-order valence-electron chi connectivity index (χ1n) is 6.85. The zero-order chi connectivity index (χ0) is 12.5. The average Bonchev–Trinajstić information content (AvgIpc) is 2.76. The van der Waals surface area contributed by atoms with Crippen LogP contribution < -0.4 is 5.32 Å². The van der Waals surface area contributed by atoms with Gasteiger partial charge in [-0.25, -0.2) is 4.98 Å². The van der Waals surface area contributed by atoms with Gasteiger partial charge in [-0.15, -0.1) is 0 Å². The van der Waals surface area contributed by atoms with Crippen molar-refractivity contribution in [3.8, 4) is 0 Å². The number of nitrogens with one attached hydrogen (secondary N) is 1. The molecule has 2 unspecified atom stereocenters. The Bertz CT molecular complexity index is 562. The van der Waals surface area contributed by atoms with Gasteiger partial charge in [0.15, 0.2) is 0 Å². The van der Waals surface area contributed by atoms with Crippen molar-refractivity contribution in [1.29, 1.82) is 0 Å². The van der Waals surface area contributed by atoms with Gasteiger partial charge in [0, 0.05) is 11.4 Å². The molecule has 1 N–H and O–H groups in total. The summed E-state index contributed by atoms with van der Waals surface area (Å²) in [5, 5.41) is 4.84. The Labute approximate surface area is 108 Å². The number of hydrogen-bond acceptors (Lipinski definition) is 2. The van der Waals surface area contributed by atoms with Crippen LogP contribution in [0, 0.1) is 12.8 Å². The van der Waals surface area contributed by atoms with E-state index in [1.54, 1.807) is 0 Å². The van der Waals surface area contributed by atoms with Gasteiger partial charge in [-0.2, -0.15) is 0 Å². The lowest BCUT2D eigenvalue weighted by molar-refractivity contribution is 0.602. The Balaban J connectivity index is 1.89. The highest BCUT2D eigenvalue weighted by molar-refractivity contribution is 5.81.